The molecule has 0 saturated carbocycles. The molecule has 1 amide bonds. The second-order valence-electron chi connectivity index (χ2n) is 3.90. The Labute approximate surface area is 129 Å². The smallest absolute Gasteiger partial charge is 0.256 e. The van der Waals surface area contributed by atoms with Crippen molar-refractivity contribution in [1.82, 2.24) is 4.98 Å². The summed E-state index contributed by atoms with van der Waals surface area (Å²) in [6, 6.07) is 8.19. The van der Waals surface area contributed by atoms with Gasteiger partial charge in [-0.15, -0.1) is 0 Å². The van der Waals surface area contributed by atoms with Gasteiger partial charge in [0, 0.05) is 10.0 Å². The van der Waals surface area contributed by atoms with Gasteiger partial charge in [-0.25, -0.2) is 4.98 Å². The number of nitrogens with one attached hydrogen (secondary N) is 1. The average molecular weight is 357 g/mol. The van der Waals surface area contributed by atoms with Crippen molar-refractivity contribution < 1.29 is 9.53 Å². The molecule has 0 saturated heterocycles. The van der Waals surface area contributed by atoms with Gasteiger partial charge in [0.2, 0.25) is 0 Å². The number of rotatable bonds is 3. The van der Waals surface area contributed by atoms with E-state index >= 15 is 0 Å². The molecule has 0 bridgehead atoms. The van der Waals surface area contributed by atoms with Crippen LogP contribution in [0.5, 0.6) is 5.75 Å². The Hall–Kier alpha value is -1.79. The standard InChI is InChI=1S/C13H11BrClN3O2/c1-20-10-3-2-8(14)6-9(10)17-13(19)7-4-11(15)18-12(16)5-7/h2-6H,1H3,(H2,16,18)(H,17,19). The fourth-order valence-electron chi connectivity index (χ4n) is 1.62. The number of nitrogens with two attached hydrogens (primary N) is 1. The van der Waals surface area contributed by atoms with E-state index in [-0.39, 0.29) is 16.9 Å². The molecule has 3 N–H and O–H groups in total. The summed E-state index contributed by atoms with van der Waals surface area (Å²) in [4.78, 5) is 16.0. The van der Waals surface area contributed by atoms with Gasteiger partial charge in [-0.05, 0) is 30.3 Å². The first-order valence-corrected chi connectivity index (χ1v) is 6.74. The van der Waals surface area contributed by atoms with Crippen LogP contribution in [0, 0.1) is 0 Å². The number of methoxy groups -OCH3 is 1. The topological polar surface area (TPSA) is 77.2 Å². The molecule has 20 heavy (non-hydrogen) atoms. The van der Waals surface area contributed by atoms with Crippen molar-refractivity contribution >= 4 is 44.9 Å². The number of nitrogens with zero attached hydrogens (tertiary/aromatic N) is 1. The number of benzene rings is 1. The Kier molecular flexibility index (Phi) is 4.46. The number of amides is 1. The zero-order chi connectivity index (χ0) is 14.7. The first kappa shape index (κ1) is 14.6. The van der Waals surface area contributed by atoms with Crippen LogP contribution in [0.4, 0.5) is 11.5 Å². The van der Waals surface area contributed by atoms with Crippen molar-refractivity contribution in [3.63, 3.8) is 0 Å². The maximum Gasteiger partial charge on any atom is 0.256 e. The summed E-state index contributed by atoms with van der Waals surface area (Å²) in [6.07, 6.45) is 0. The normalized spacial score (nSPS) is 10.2. The van der Waals surface area contributed by atoms with E-state index in [0.717, 1.165) is 4.47 Å². The van der Waals surface area contributed by atoms with Gasteiger partial charge in [0.15, 0.2) is 0 Å². The minimum absolute atomic E-state index is 0.163. The second-order valence-corrected chi connectivity index (χ2v) is 5.21. The molecule has 0 aliphatic carbocycles. The molecule has 1 heterocycles. The first-order chi connectivity index (χ1) is 9.49. The van der Waals surface area contributed by atoms with Gasteiger partial charge < -0.3 is 15.8 Å². The zero-order valence-electron chi connectivity index (χ0n) is 10.5. The highest BCUT2D eigenvalue weighted by Gasteiger charge is 2.12. The van der Waals surface area contributed by atoms with Crippen molar-refractivity contribution in [3.8, 4) is 5.75 Å². The largest absolute Gasteiger partial charge is 0.495 e. The van der Waals surface area contributed by atoms with Gasteiger partial charge in [-0.3, -0.25) is 4.79 Å². The Balaban J connectivity index is 2.29. The number of hydrogen-bond acceptors (Lipinski definition) is 4. The lowest BCUT2D eigenvalue weighted by atomic mass is 10.2. The quantitative estimate of drug-likeness (QED) is 0.827. The van der Waals surface area contributed by atoms with Crippen LogP contribution in [0.25, 0.3) is 0 Å². The fraction of sp³-hybridized carbons (Fsp3) is 0.0769. The van der Waals surface area contributed by atoms with Crippen molar-refractivity contribution in [1.29, 1.82) is 0 Å². The minimum atomic E-state index is -0.350. The summed E-state index contributed by atoms with van der Waals surface area (Å²) < 4.78 is 6.01. The molecule has 0 radical (unpaired) electrons. The molecule has 0 atom stereocenters. The van der Waals surface area contributed by atoms with Crippen molar-refractivity contribution in [3.05, 3.63) is 45.5 Å². The Morgan fingerprint density at radius 1 is 1.40 bits per heavy atom. The first-order valence-electron chi connectivity index (χ1n) is 5.57. The number of aromatic nitrogens is 1. The Morgan fingerprint density at radius 2 is 2.15 bits per heavy atom. The summed E-state index contributed by atoms with van der Waals surface area (Å²) in [5.74, 6) is 0.385. The highest BCUT2D eigenvalue weighted by Crippen LogP contribution is 2.28. The van der Waals surface area contributed by atoms with Gasteiger partial charge >= 0.3 is 0 Å². The maximum atomic E-state index is 12.2. The molecule has 0 spiro atoms. The highest BCUT2D eigenvalue weighted by molar-refractivity contribution is 9.10. The molecule has 5 nitrogen and oxygen atoms in total. The highest BCUT2D eigenvalue weighted by atomic mass is 79.9. The van der Waals surface area contributed by atoms with Gasteiger partial charge in [-0.1, -0.05) is 27.5 Å². The number of carbonyl (C=O) groups is 1. The molecular formula is C13H11BrClN3O2. The number of anilines is 2. The van der Waals surface area contributed by atoms with E-state index in [9.17, 15) is 4.79 Å². The predicted molar refractivity (Wildman–Crippen MR) is 82.3 cm³/mol. The maximum absolute atomic E-state index is 12.2. The van der Waals surface area contributed by atoms with Crippen LogP contribution in [0.1, 0.15) is 10.4 Å². The van der Waals surface area contributed by atoms with Crippen LogP contribution < -0.4 is 15.8 Å². The van der Waals surface area contributed by atoms with E-state index in [1.165, 1.54) is 19.2 Å². The third-order valence-corrected chi connectivity index (χ3v) is 3.17. The zero-order valence-corrected chi connectivity index (χ0v) is 12.8. The summed E-state index contributed by atoms with van der Waals surface area (Å²) in [5.41, 5.74) is 6.43. The average Bonchev–Trinajstić information content (AvgIpc) is 2.37. The predicted octanol–water partition coefficient (Wildman–Crippen LogP) is 3.34. The molecule has 7 heteroatoms. The minimum Gasteiger partial charge on any atom is -0.495 e. The number of hydrogen-bond donors (Lipinski definition) is 2. The molecule has 0 aliphatic rings. The molecule has 2 rings (SSSR count). The van der Waals surface area contributed by atoms with E-state index < -0.39 is 0 Å². The van der Waals surface area contributed by atoms with Gasteiger partial charge in [0.05, 0.1) is 12.8 Å². The molecule has 2 aromatic rings. The third-order valence-electron chi connectivity index (χ3n) is 2.49. The molecule has 0 aliphatic heterocycles. The number of nitrogen functional groups attached to an aromatic ring is 1. The van der Waals surface area contributed by atoms with Crippen molar-refractivity contribution in [2.75, 3.05) is 18.2 Å². The summed E-state index contributed by atoms with van der Waals surface area (Å²) >= 11 is 9.11. The molecule has 1 aromatic carbocycles. The molecule has 0 unspecified atom stereocenters. The lowest BCUT2D eigenvalue weighted by Gasteiger charge is -2.11. The van der Waals surface area contributed by atoms with E-state index in [0.29, 0.717) is 17.0 Å². The number of pyridine rings is 1. The molecular weight excluding hydrogens is 346 g/mol. The third kappa shape index (κ3) is 3.40. The van der Waals surface area contributed by atoms with Gasteiger partial charge in [0.25, 0.3) is 5.91 Å². The summed E-state index contributed by atoms with van der Waals surface area (Å²) in [7, 11) is 1.53. The van der Waals surface area contributed by atoms with Crippen LogP contribution in [-0.4, -0.2) is 18.0 Å². The van der Waals surface area contributed by atoms with Crippen LogP contribution in [0.2, 0.25) is 5.15 Å². The Morgan fingerprint density at radius 3 is 2.80 bits per heavy atom. The van der Waals surface area contributed by atoms with Crippen LogP contribution >= 0.6 is 27.5 Å². The lowest BCUT2D eigenvalue weighted by molar-refractivity contribution is 0.102. The monoisotopic (exact) mass is 355 g/mol. The molecule has 104 valence electrons. The molecule has 0 fully saturated rings. The van der Waals surface area contributed by atoms with Crippen LogP contribution in [0.3, 0.4) is 0 Å². The number of ether oxygens (including phenoxy) is 1. The number of halogens is 2. The SMILES string of the molecule is COc1ccc(Br)cc1NC(=O)c1cc(N)nc(Cl)c1. The van der Waals surface area contributed by atoms with Gasteiger partial charge in [0.1, 0.15) is 16.7 Å². The van der Waals surface area contributed by atoms with E-state index in [1.54, 1.807) is 12.1 Å². The van der Waals surface area contributed by atoms with Crippen molar-refractivity contribution in [2.45, 2.75) is 0 Å². The van der Waals surface area contributed by atoms with Gasteiger partial charge in [-0.2, -0.15) is 0 Å². The fourth-order valence-corrected chi connectivity index (χ4v) is 2.20. The van der Waals surface area contributed by atoms with E-state index in [2.05, 4.69) is 26.2 Å². The lowest BCUT2D eigenvalue weighted by Crippen LogP contribution is -2.13. The van der Waals surface area contributed by atoms with Crippen LogP contribution in [0.15, 0.2) is 34.8 Å². The summed E-state index contributed by atoms with van der Waals surface area (Å²) in [6.45, 7) is 0. The second kappa shape index (κ2) is 6.11. The van der Waals surface area contributed by atoms with E-state index in [4.69, 9.17) is 22.1 Å². The van der Waals surface area contributed by atoms with Crippen LogP contribution in [-0.2, 0) is 0 Å². The van der Waals surface area contributed by atoms with Crippen molar-refractivity contribution in [2.24, 2.45) is 0 Å². The Bertz CT molecular complexity index is 644. The van der Waals surface area contributed by atoms with E-state index in [1.807, 2.05) is 6.07 Å². The number of carbonyl (C=O) groups excluding carboxylic acids is 1. The summed E-state index contributed by atoms with van der Waals surface area (Å²) in [5, 5.41) is 2.90. The molecule has 1 aromatic heterocycles.